The summed E-state index contributed by atoms with van der Waals surface area (Å²) in [7, 11) is 0. The largest absolute Gasteiger partial charge is 0.392 e. The highest BCUT2D eigenvalue weighted by molar-refractivity contribution is 5.63. The predicted octanol–water partition coefficient (Wildman–Crippen LogP) is 3.20. The molecule has 1 N–H and O–H groups in total. The molecule has 0 saturated heterocycles. The van der Waals surface area contributed by atoms with Crippen molar-refractivity contribution in [1.82, 2.24) is 0 Å². The quantitative estimate of drug-likeness (QED) is 0.807. The number of benzene rings is 2. The topological polar surface area (TPSA) is 20.2 Å². The minimum absolute atomic E-state index is 0.109. The van der Waals surface area contributed by atoms with E-state index >= 15 is 0 Å². The Bertz CT molecular complexity index is 473. The van der Waals surface area contributed by atoms with Crippen LogP contribution < -0.4 is 0 Å². The minimum atomic E-state index is -0.109. The Morgan fingerprint density at radius 2 is 1.38 bits per heavy atom. The average Bonchev–Trinajstić information content (AvgIpc) is 3.08. The monoisotopic (exact) mass is 210 g/mol. The SMILES string of the molecule is O[C@@H]1C[C@H]1c1ccc(-c2ccccc2)cc1. The number of aliphatic hydroxyl groups excluding tert-OH is 1. The summed E-state index contributed by atoms with van der Waals surface area (Å²) in [5, 5.41) is 9.37. The molecule has 2 atom stereocenters. The molecule has 3 rings (SSSR count). The normalized spacial score (nSPS) is 23.1. The standard InChI is InChI=1S/C15H14O/c16-15-10-14(15)13-8-6-12(7-9-13)11-4-2-1-3-5-11/h1-9,14-16H,10H2/t14-,15+/m0/s1. The molecule has 1 saturated carbocycles. The summed E-state index contributed by atoms with van der Waals surface area (Å²) in [4.78, 5) is 0. The molecular weight excluding hydrogens is 196 g/mol. The molecule has 1 nitrogen and oxygen atoms in total. The van der Waals surface area contributed by atoms with E-state index < -0.39 is 0 Å². The van der Waals surface area contributed by atoms with Crippen molar-refractivity contribution in [2.75, 3.05) is 0 Å². The molecule has 0 heterocycles. The third kappa shape index (κ3) is 1.74. The smallest absolute Gasteiger partial charge is 0.0616 e. The van der Waals surface area contributed by atoms with Crippen LogP contribution >= 0.6 is 0 Å². The first-order valence-corrected chi connectivity index (χ1v) is 5.68. The summed E-state index contributed by atoms with van der Waals surface area (Å²) >= 11 is 0. The highest BCUT2D eigenvalue weighted by Gasteiger charge is 2.36. The van der Waals surface area contributed by atoms with Gasteiger partial charge in [0.25, 0.3) is 0 Å². The van der Waals surface area contributed by atoms with Crippen molar-refractivity contribution < 1.29 is 5.11 Å². The number of rotatable bonds is 2. The van der Waals surface area contributed by atoms with Gasteiger partial charge in [0.1, 0.15) is 0 Å². The van der Waals surface area contributed by atoms with Gasteiger partial charge in [-0.25, -0.2) is 0 Å². The van der Waals surface area contributed by atoms with E-state index in [1.165, 1.54) is 16.7 Å². The molecular formula is C15H14O. The number of aliphatic hydroxyl groups is 1. The first kappa shape index (κ1) is 9.61. The number of hydrogen-bond acceptors (Lipinski definition) is 1. The van der Waals surface area contributed by atoms with E-state index in [1.54, 1.807) is 0 Å². The van der Waals surface area contributed by atoms with Crippen LogP contribution in [0.25, 0.3) is 11.1 Å². The molecule has 0 amide bonds. The van der Waals surface area contributed by atoms with Gasteiger partial charge in [0.05, 0.1) is 6.10 Å². The lowest BCUT2D eigenvalue weighted by molar-refractivity contribution is 0.272. The Kier molecular flexibility index (Phi) is 2.26. The van der Waals surface area contributed by atoms with Gasteiger partial charge in [-0.1, -0.05) is 54.6 Å². The van der Waals surface area contributed by atoms with E-state index in [4.69, 9.17) is 0 Å². The van der Waals surface area contributed by atoms with Crippen LogP contribution in [-0.2, 0) is 0 Å². The Hall–Kier alpha value is -1.60. The van der Waals surface area contributed by atoms with Gasteiger partial charge < -0.3 is 5.11 Å². The van der Waals surface area contributed by atoms with Crippen LogP contribution in [0.15, 0.2) is 54.6 Å². The van der Waals surface area contributed by atoms with Crippen LogP contribution in [0, 0.1) is 0 Å². The molecule has 0 aliphatic heterocycles. The van der Waals surface area contributed by atoms with Gasteiger partial charge in [-0.05, 0) is 23.1 Å². The molecule has 1 aliphatic rings. The lowest BCUT2D eigenvalue weighted by Crippen LogP contribution is -1.86. The molecule has 1 fully saturated rings. The first-order chi connectivity index (χ1) is 7.84. The second kappa shape index (κ2) is 3.76. The molecule has 0 bridgehead atoms. The lowest BCUT2D eigenvalue weighted by atomic mass is 10.0. The van der Waals surface area contributed by atoms with Gasteiger partial charge in [-0.2, -0.15) is 0 Å². The van der Waals surface area contributed by atoms with Gasteiger partial charge in [-0.15, -0.1) is 0 Å². The summed E-state index contributed by atoms with van der Waals surface area (Å²) in [6, 6.07) is 18.9. The summed E-state index contributed by atoms with van der Waals surface area (Å²) in [5.41, 5.74) is 3.73. The van der Waals surface area contributed by atoms with Crippen molar-refractivity contribution in [2.24, 2.45) is 0 Å². The minimum Gasteiger partial charge on any atom is -0.392 e. The van der Waals surface area contributed by atoms with Crippen LogP contribution in [0.1, 0.15) is 17.9 Å². The van der Waals surface area contributed by atoms with Gasteiger partial charge in [0.15, 0.2) is 0 Å². The van der Waals surface area contributed by atoms with Crippen molar-refractivity contribution in [3.63, 3.8) is 0 Å². The highest BCUT2D eigenvalue weighted by atomic mass is 16.3. The summed E-state index contributed by atoms with van der Waals surface area (Å²) in [6.45, 7) is 0. The van der Waals surface area contributed by atoms with Crippen molar-refractivity contribution in [3.05, 3.63) is 60.2 Å². The molecule has 0 unspecified atom stereocenters. The second-order valence-electron chi connectivity index (χ2n) is 4.40. The zero-order chi connectivity index (χ0) is 11.0. The fourth-order valence-corrected chi connectivity index (χ4v) is 2.09. The van der Waals surface area contributed by atoms with E-state index in [0.29, 0.717) is 5.92 Å². The molecule has 0 aromatic heterocycles. The molecule has 2 aromatic rings. The van der Waals surface area contributed by atoms with E-state index in [-0.39, 0.29) is 6.10 Å². The van der Waals surface area contributed by atoms with Crippen molar-refractivity contribution in [1.29, 1.82) is 0 Å². The van der Waals surface area contributed by atoms with Gasteiger partial charge in [0.2, 0.25) is 0 Å². The first-order valence-electron chi connectivity index (χ1n) is 5.68. The fraction of sp³-hybridized carbons (Fsp3) is 0.200. The zero-order valence-corrected chi connectivity index (χ0v) is 9.01. The second-order valence-corrected chi connectivity index (χ2v) is 4.40. The number of hydrogen-bond donors (Lipinski definition) is 1. The van der Waals surface area contributed by atoms with Crippen molar-refractivity contribution in [3.8, 4) is 11.1 Å². The average molecular weight is 210 g/mol. The molecule has 0 radical (unpaired) electrons. The maximum absolute atomic E-state index is 9.37. The maximum Gasteiger partial charge on any atom is 0.0616 e. The van der Waals surface area contributed by atoms with Crippen LogP contribution in [0.4, 0.5) is 0 Å². The molecule has 16 heavy (non-hydrogen) atoms. The molecule has 0 spiro atoms. The summed E-state index contributed by atoms with van der Waals surface area (Å²) < 4.78 is 0. The van der Waals surface area contributed by atoms with E-state index in [1.807, 2.05) is 18.2 Å². The van der Waals surface area contributed by atoms with Crippen LogP contribution in [0.3, 0.4) is 0 Å². The van der Waals surface area contributed by atoms with Crippen LogP contribution in [-0.4, -0.2) is 11.2 Å². The molecule has 1 aliphatic carbocycles. The Morgan fingerprint density at radius 3 is 1.94 bits per heavy atom. The maximum atomic E-state index is 9.37. The van der Waals surface area contributed by atoms with Crippen LogP contribution in [0.5, 0.6) is 0 Å². The lowest BCUT2D eigenvalue weighted by Gasteiger charge is -2.03. The highest BCUT2D eigenvalue weighted by Crippen LogP contribution is 2.40. The third-order valence-electron chi connectivity index (χ3n) is 3.20. The Labute approximate surface area is 95.4 Å². The Morgan fingerprint density at radius 1 is 0.812 bits per heavy atom. The van der Waals surface area contributed by atoms with Gasteiger partial charge in [-0.3, -0.25) is 0 Å². The predicted molar refractivity (Wildman–Crippen MR) is 65.2 cm³/mol. The van der Waals surface area contributed by atoms with E-state index in [2.05, 4.69) is 36.4 Å². The third-order valence-corrected chi connectivity index (χ3v) is 3.20. The summed E-state index contributed by atoms with van der Waals surface area (Å²) in [6.07, 6.45) is 0.813. The molecule has 2 aromatic carbocycles. The molecule has 80 valence electrons. The molecule has 1 heteroatoms. The van der Waals surface area contributed by atoms with Crippen molar-refractivity contribution in [2.45, 2.75) is 18.4 Å². The van der Waals surface area contributed by atoms with Gasteiger partial charge in [0, 0.05) is 5.92 Å². The van der Waals surface area contributed by atoms with Crippen molar-refractivity contribution >= 4 is 0 Å². The fourth-order valence-electron chi connectivity index (χ4n) is 2.09. The van der Waals surface area contributed by atoms with Crippen LogP contribution in [0.2, 0.25) is 0 Å². The van der Waals surface area contributed by atoms with E-state index in [0.717, 1.165) is 6.42 Å². The van der Waals surface area contributed by atoms with E-state index in [9.17, 15) is 5.11 Å². The zero-order valence-electron chi connectivity index (χ0n) is 9.01. The van der Waals surface area contributed by atoms with Gasteiger partial charge >= 0.3 is 0 Å². The summed E-state index contributed by atoms with van der Waals surface area (Å²) in [5.74, 6) is 0.379. The Balaban J connectivity index is 1.88.